The van der Waals surface area contributed by atoms with Crippen LogP contribution in [0.3, 0.4) is 0 Å². The maximum Gasteiger partial charge on any atom is 0.323 e. The summed E-state index contributed by atoms with van der Waals surface area (Å²) in [6.07, 6.45) is 0. The number of carbonyl (C=O) groups excluding carboxylic acids is 1. The molecule has 0 aliphatic heterocycles. The molecule has 7 aromatic rings. The second kappa shape index (κ2) is 8.03. The minimum Gasteiger partial charge on any atom is -0.308 e. The van der Waals surface area contributed by atoms with E-state index in [1.807, 2.05) is 78.9 Å². The van der Waals surface area contributed by atoms with Crippen molar-refractivity contribution in [3.63, 3.8) is 0 Å². The van der Waals surface area contributed by atoms with Gasteiger partial charge in [-0.15, -0.1) is 0 Å². The van der Waals surface area contributed by atoms with Crippen molar-refractivity contribution in [3.05, 3.63) is 109 Å². The maximum atomic E-state index is 12.7. The third-order valence-corrected chi connectivity index (χ3v) is 6.58. The Labute approximate surface area is 206 Å². The summed E-state index contributed by atoms with van der Waals surface area (Å²) in [6.45, 7) is 0. The summed E-state index contributed by atoms with van der Waals surface area (Å²) in [4.78, 5) is 22.7. The van der Waals surface area contributed by atoms with Crippen LogP contribution in [0.1, 0.15) is 0 Å². The molecule has 0 saturated heterocycles. The Kier molecular flexibility index (Phi) is 4.54. The second-order valence-electron chi connectivity index (χ2n) is 8.86. The van der Waals surface area contributed by atoms with Gasteiger partial charge in [0.15, 0.2) is 0 Å². The van der Waals surface area contributed by atoms with Gasteiger partial charge in [0.25, 0.3) is 0 Å². The molecule has 0 aliphatic carbocycles. The lowest BCUT2D eigenvalue weighted by atomic mass is 9.99. The van der Waals surface area contributed by atoms with Crippen molar-refractivity contribution in [2.24, 2.45) is 0 Å². The molecule has 170 valence electrons. The summed E-state index contributed by atoms with van der Waals surface area (Å²) in [5, 5.41) is 12.5. The van der Waals surface area contributed by atoms with Crippen LogP contribution in [-0.4, -0.2) is 16.0 Å². The quantitative estimate of drug-likeness (QED) is 0.202. The number of rotatable bonds is 2. The molecule has 7 rings (SSSR count). The highest BCUT2D eigenvalue weighted by atomic mass is 16.2. The molecule has 0 aliphatic rings. The Morgan fingerprint density at radius 3 is 1.72 bits per heavy atom. The van der Waals surface area contributed by atoms with Crippen LogP contribution in [0.4, 0.5) is 16.2 Å². The number of benzene rings is 6. The molecule has 0 bridgehead atoms. The minimum atomic E-state index is -0.310. The van der Waals surface area contributed by atoms with Gasteiger partial charge in [-0.1, -0.05) is 78.9 Å². The lowest BCUT2D eigenvalue weighted by molar-refractivity contribution is 0.262. The third kappa shape index (κ3) is 3.37. The van der Waals surface area contributed by atoms with Gasteiger partial charge in [0, 0.05) is 22.1 Å². The summed E-state index contributed by atoms with van der Waals surface area (Å²) in [5.74, 6) is 0. The van der Waals surface area contributed by atoms with E-state index in [9.17, 15) is 4.79 Å². The summed E-state index contributed by atoms with van der Waals surface area (Å²) < 4.78 is 0. The van der Waals surface area contributed by atoms with E-state index in [4.69, 9.17) is 9.97 Å². The first-order chi connectivity index (χ1) is 17.7. The molecular weight excluding hydrogens is 444 g/mol. The zero-order valence-corrected chi connectivity index (χ0v) is 19.2. The van der Waals surface area contributed by atoms with E-state index >= 15 is 0 Å². The van der Waals surface area contributed by atoms with Crippen molar-refractivity contribution in [2.45, 2.75) is 0 Å². The Hall–Kier alpha value is -5.03. The van der Waals surface area contributed by atoms with Crippen molar-refractivity contribution in [2.75, 3.05) is 10.6 Å². The highest BCUT2D eigenvalue weighted by Crippen LogP contribution is 2.34. The molecule has 0 atom stereocenters. The monoisotopic (exact) mass is 464 g/mol. The highest BCUT2D eigenvalue weighted by molar-refractivity contribution is 6.23. The average molecular weight is 465 g/mol. The predicted octanol–water partition coefficient (Wildman–Crippen LogP) is 7.89. The Balaban J connectivity index is 1.27. The van der Waals surface area contributed by atoms with Crippen molar-refractivity contribution < 1.29 is 4.79 Å². The molecule has 1 heterocycles. The number of carbonyl (C=O) groups is 1. The van der Waals surface area contributed by atoms with Crippen LogP contribution in [0.2, 0.25) is 0 Å². The summed E-state index contributed by atoms with van der Waals surface area (Å²) in [6, 6.07) is 35.8. The molecule has 0 fully saturated rings. The number of fused-ring (bicyclic) bond motifs is 8. The van der Waals surface area contributed by atoms with Crippen molar-refractivity contribution in [1.82, 2.24) is 9.97 Å². The number of hydrogen-bond acceptors (Lipinski definition) is 3. The van der Waals surface area contributed by atoms with Crippen LogP contribution in [0, 0.1) is 0 Å². The molecule has 0 saturated carbocycles. The van der Waals surface area contributed by atoms with E-state index < -0.39 is 0 Å². The molecule has 2 amide bonds. The Morgan fingerprint density at radius 2 is 1.03 bits per heavy atom. The smallest absolute Gasteiger partial charge is 0.308 e. The van der Waals surface area contributed by atoms with Crippen LogP contribution >= 0.6 is 0 Å². The standard InChI is InChI=1S/C31H20N4O/c36-31(32-21-14-13-19-7-1-2-8-20(19)17-21)33-22-15-16-27-28(18-22)35-30-26-12-6-4-10-24(26)23-9-3-5-11-25(23)29(30)34-27/h1-18H,(H2,32,33,36). The highest BCUT2D eigenvalue weighted by Gasteiger charge is 2.12. The first kappa shape index (κ1) is 20.4. The molecule has 5 nitrogen and oxygen atoms in total. The zero-order valence-electron chi connectivity index (χ0n) is 19.2. The van der Waals surface area contributed by atoms with Gasteiger partial charge in [-0.3, -0.25) is 0 Å². The van der Waals surface area contributed by atoms with E-state index in [2.05, 4.69) is 41.0 Å². The van der Waals surface area contributed by atoms with Crippen LogP contribution < -0.4 is 10.6 Å². The largest absolute Gasteiger partial charge is 0.323 e. The van der Waals surface area contributed by atoms with Gasteiger partial charge in [0.1, 0.15) is 0 Å². The van der Waals surface area contributed by atoms with Crippen molar-refractivity contribution in [1.29, 1.82) is 0 Å². The van der Waals surface area contributed by atoms with E-state index in [0.717, 1.165) is 60.1 Å². The van der Waals surface area contributed by atoms with Gasteiger partial charge in [-0.05, 0) is 51.9 Å². The van der Waals surface area contributed by atoms with E-state index in [0.29, 0.717) is 5.69 Å². The van der Waals surface area contributed by atoms with Gasteiger partial charge < -0.3 is 10.6 Å². The Bertz CT molecular complexity index is 1980. The molecule has 36 heavy (non-hydrogen) atoms. The maximum absolute atomic E-state index is 12.7. The second-order valence-corrected chi connectivity index (χ2v) is 8.86. The summed E-state index contributed by atoms with van der Waals surface area (Å²) in [7, 11) is 0. The molecule has 0 radical (unpaired) electrons. The Morgan fingerprint density at radius 1 is 0.500 bits per heavy atom. The number of hydrogen-bond donors (Lipinski definition) is 2. The van der Waals surface area contributed by atoms with E-state index in [1.165, 1.54) is 0 Å². The molecular formula is C31H20N4O. The van der Waals surface area contributed by atoms with Crippen LogP contribution in [0.25, 0.3) is 54.4 Å². The molecule has 0 unspecified atom stereocenters. The lowest BCUT2D eigenvalue weighted by Gasteiger charge is -2.11. The molecule has 2 N–H and O–H groups in total. The van der Waals surface area contributed by atoms with Crippen molar-refractivity contribution >= 4 is 71.8 Å². The van der Waals surface area contributed by atoms with Gasteiger partial charge in [0.2, 0.25) is 0 Å². The average Bonchev–Trinajstić information content (AvgIpc) is 2.92. The fraction of sp³-hybridized carbons (Fsp3) is 0. The SMILES string of the molecule is O=C(Nc1ccc2ccccc2c1)Nc1ccc2nc3c4ccccc4c4ccccc4c3nc2c1. The summed E-state index contributed by atoms with van der Waals surface area (Å²) >= 11 is 0. The normalized spacial score (nSPS) is 11.4. The number of nitrogens with zero attached hydrogens (tertiary/aromatic N) is 2. The number of aromatic nitrogens is 2. The third-order valence-electron chi connectivity index (χ3n) is 6.58. The molecule has 0 spiro atoms. The van der Waals surface area contributed by atoms with Gasteiger partial charge in [-0.2, -0.15) is 0 Å². The minimum absolute atomic E-state index is 0.310. The predicted molar refractivity (Wildman–Crippen MR) is 149 cm³/mol. The number of urea groups is 1. The molecule has 1 aromatic heterocycles. The van der Waals surface area contributed by atoms with Gasteiger partial charge >= 0.3 is 6.03 Å². The number of anilines is 2. The number of nitrogens with one attached hydrogen (secondary N) is 2. The molecule has 6 aromatic carbocycles. The summed E-state index contributed by atoms with van der Waals surface area (Å²) in [5.41, 5.74) is 4.63. The molecule has 5 heteroatoms. The van der Waals surface area contributed by atoms with Crippen LogP contribution in [-0.2, 0) is 0 Å². The van der Waals surface area contributed by atoms with Gasteiger partial charge in [-0.25, -0.2) is 14.8 Å². The van der Waals surface area contributed by atoms with Crippen LogP contribution in [0.5, 0.6) is 0 Å². The first-order valence-corrected chi connectivity index (χ1v) is 11.8. The first-order valence-electron chi connectivity index (χ1n) is 11.8. The fourth-order valence-corrected chi connectivity index (χ4v) is 4.92. The zero-order chi connectivity index (χ0) is 24.1. The number of amides is 2. The van der Waals surface area contributed by atoms with Crippen LogP contribution in [0.15, 0.2) is 109 Å². The van der Waals surface area contributed by atoms with Crippen molar-refractivity contribution in [3.8, 4) is 0 Å². The lowest BCUT2D eigenvalue weighted by Crippen LogP contribution is -2.19. The van der Waals surface area contributed by atoms with Gasteiger partial charge in [0.05, 0.1) is 22.1 Å². The topological polar surface area (TPSA) is 66.9 Å². The fourth-order valence-electron chi connectivity index (χ4n) is 4.92. The van der Waals surface area contributed by atoms with E-state index in [-0.39, 0.29) is 6.03 Å². The van der Waals surface area contributed by atoms with E-state index in [1.54, 1.807) is 0 Å².